The zero-order valence-corrected chi connectivity index (χ0v) is 10.2. The molecular formula is C12H18N4O2. The number of piperidine rings is 1. The molecule has 98 valence electrons. The van der Waals surface area contributed by atoms with E-state index < -0.39 is 0 Å². The van der Waals surface area contributed by atoms with E-state index in [1.54, 1.807) is 6.07 Å². The molecular weight excluding hydrogens is 232 g/mol. The second-order valence-corrected chi connectivity index (χ2v) is 4.48. The van der Waals surface area contributed by atoms with Crippen molar-refractivity contribution in [3.8, 4) is 0 Å². The minimum Gasteiger partial charge on any atom is -0.409 e. The van der Waals surface area contributed by atoms with Crippen LogP contribution < -0.4 is 10.6 Å². The lowest BCUT2D eigenvalue weighted by atomic mass is 9.98. The first-order chi connectivity index (χ1) is 8.74. The molecule has 0 amide bonds. The number of amidine groups is 1. The SMILES string of the molecule is NC(=NO)c1cccc(N2CCC(CO)CC2)n1. The average Bonchev–Trinajstić information content (AvgIpc) is 2.46. The number of oxime groups is 1. The monoisotopic (exact) mass is 250 g/mol. The third-order valence-corrected chi connectivity index (χ3v) is 3.30. The highest BCUT2D eigenvalue weighted by molar-refractivity contribution is 5.95. The minimum atomic E-state index is 0.0158. The van der Waals surface area contributed by atoms with Gasteiger partial charge in [0.25, 0.3) is 0 Å². The summed E-state index contributed by atoms with van der Waals surface area (Å²) in [5.41, 5.74) is 5.99. The Kier molecular flexibility index (Phi) is 3.99. The normalized spacial score (nSPS) is 18.1. The first-order valence-corrected chi connectivity index (χ1v) is 6.05. The number of aliphatic hydroxyl groups is 1. The molecule has 0 unspecified atom stereocenters. The molecule has 2 rings (SSSR count). The Balaban J connectivity index is 2.10. The van der Waals surface area contributed by atoms with E-state index in [1.165, 1.54) is 0 Å². The number of nitrogens with zero attached hydrogens (tertiary/aromatic N) is 3. The predicted molar refractivity (Wildman–Crippen MR) is 68.8 cm³/mol. The first kappa shape index (κ1) is 12.6. The van der Waals surface area contributed by atoms with Crippen molar-refractivity contribution >= 4 is 11.7 Å². The molecule has 0 bridgehead atoms. The van der Waals surface area contributed by atoms with E-state index in [4.69, 9.17) is 16.0 Å². The highest BCUT2D eigenvalue weighted by Crippen LogP contribution is 2.21. The molecule has 1 fully saturated rings. The maximum atomic E-state index is 9.10. The fraction of sp³-hybridized carbons (Fsp3) is 0.500. The van der Waals surface area contributed by atoms with E-state index in [9.17, 15) is 0 Å². The molecule has 6 heteroatoms. The molecule has 1 aromatic heterocycles. The summed E-state index contributed by atoms with van der Waals surface area (Å²) in [6, 6.07) is 5.46. The number of hydrogen-bond acceptors (Lipinski definition) is 5. The van der Waals surface area contributed by atoms with Crippen LogP contribution in [0.25, 0.3) is 0 Å². The van der Waals surface area contributed by atoms with Crippen LogP contribution >= 0.6 is 0 Å². The van der Waals surface area contributed by atoms with Crippen LogP contribution in [0.4, 0.5) is 5.82 Å². The second kappa shape index (κ2) is 5.68. The van der Waals surface area contributed by atoms with Gasteiger partial charge < -0.3 is 20.9 Å². The van der Waals surface area contributed by atoms with Gasteiger partial charge in [0, 0.05) is 19.7 Å². The van der Waals surface area contributed by atoms with E-state index in [0.29, 0.717) is 11.6 Å². The maximum absolute atomic E-state index is 9.10. The summed E-state index contributed by atoms with van der Waals surface area (Å²) in [7, 11) is 0. The summed E-state index contributed by atoms with van der Waals surface area (Å²) in [6.45, 7) is 2.00. The molecule has 0 aromatic carbocycles. The van der Waals surface area contributed by atoms with E-state index in [0.717, 1.165) is 31.7 Å². The molecule has 0 radical (unpaired) electrons. The molecule has 1 saturated heterocycles. The molecule has 0 atom stereocenters. The molecule has 1 aromatic rings. The topological polar surface area (TPSA) is 95.0 Å². The molecule has 4 N–H and O–H groups in total. The predicted octanol–water partition coefficient (Wildman–Crippen LogP) is 0.385. The van der Waals surface area contributed by atoms with Crippen LogP contribution in [-0.2, 0) is 0 Å². The largest absolute Gasteiger partial charge is 0.409 e. The second-order valence-electron chi connectivity index (χ2n) is 4.48. The van der Waals surface area contributed by atoms with Crippen molar-refractivity contribution in [3.05, 3.63) is 23.9 Å². The molecule has 0 saturated carbocycles. The number of pyridine rings is 1. The molecule has 18 heavy (non-hydrogen) atoms. The van der Waals surface area contributed by atoms with Crippen LogP contribution in [0.3, 0.4) is 0 Å². The van der Waals surface area contributed by atoms with Gasteiger partial charge in [-0.25, -0.2) is 4.98 Å². The molecule has 0 spiro atoms. The van der Waals surface area contributed by atoms with Crippen molar-refractivity contribution in [1.82, 2.24) is 4.98 Å². The number of aliphatic hydroxyl groups excluding tert-OH is 1. The lowest BCUT2D eigenvalue weighted by Crippen LogP contribution is -2.35. The standard InChI is InChI=1S/C12H18N4O2/c13-12(15-18)10-2-1-3-11(14-10)16-6-4-9(8-17)5-7-16/h1-3,9,17-18H,4-8H2,(H2,13,15). The van der Waals surface area contributed by atoms with Crippen molar-refractivity contribution in [2.24, 2.45) is 16.8 Å². The van der Waals surface area contributed by atoms with Gasteiger partial charge in [-0.05, 0) is 30.9 Å². The van der Waals surface area contributed by atoms with Gasteiger partial charge in [-0.2, -0.15) is 0 Å². The van der Waals surface area contributed by atoms with Gasteiger partial charge in [0.05, 0.1) is 0 Å². The summed E-state index contributed by atoms with van der Waals surface area (Å²) in [5.74, 6) is 1.24. The van der Waals surface area contributed by atoms with Gasteiger partial charge in [-0.15, -0.1) is 0 Å². The van der Waals surface area contributed by atoms with Crippen molar-refractivity contribution in [2.45, 2.75) is 12.8 Å². The van der Waals surface area contributed by atoms with Crippen LogP contribution in [0.1, 0.15) is 18.5 Å². The van der Waals surface area contributed by atoms with Crippen molar-refractivity contribution in [2.75, 3.05) is 24.6 Å². The highest BCUT2D eigenvalue weighted by atomic mass is 16.4. The number of nitrogens with two attached hydrogens (primary N) is 1. The van der Waals surface area contributed by atoms with Crippen molar-refractivity contribution < 1.29 is 10.3 Å². The number of anilines is 1. The Morgan fingerprint density at radius 2 is 2.17 bits per heavy atom. The quantitative estimate of drug-likeness (QED) is 0.312. The van der Waals surface area contributed by atoms with Gasteiger partial charge in [0.2, 0.25) is 0 Å². The van der Waals surface area contributed by atoms with Crippen LogP contribution in [0.15, 0.2) is 23.4 Å². The van der Waals surface area contributed by atoms with Gasteiger partial charge >= 0.3 is 0 Å². The highest BCUT2D eigenvalue weighted by Gasteiger charge is 2.19. The van der Waals surface area contributed by atoms with Gasteiger partial charge in [-0.3, -0.25) is 0 Å². The number of aromatic nitrogens is 1. The molecule has 1 aliphatic heterocycles. The fourth-order valence-electron chi connectivity index (χ4n) is 2.14. The van der Waals surface area contributed by atoms with Gasteiger partial charge in [-0.1, -0.05) is 11.2 Å². The lowest BCUT2D eigenvalue weighted by molar-refractivity contribution is 0.203. The summed E-state index contributed by atoms with van der Waals surface area (Å²) in [6.07, 6.45) is 1.93. The number of hydrogen-bond donors (Lipinski definition) is 3. The Bertz CT molecular complexity index is 428. The van der Waals surface area contributed by atoms with Crippen molar-refractivity contribution in [3.63, 3.8) is 0 Å². The smallest absolute Gasteiger partial charge is 0.188 e. The number of rotatable bonds is 3. The van der Waals surface area contributed by atoms with E-state index in [2.05, 4.69) is 15.0 Å². The summed E-state index contributed by atoms with van der Waals surface area (Å²) < 4.78 is 0. The third kappa shape index (κ3) is 2.70. The van der Waals surface area contributed by atoms with Crippen LogP contribution in [-0.4, -0.2) is 40.8 Å². The van der Waals surface area contributed by atoms with Crippen molar-refractivity contribution in [1.29, 1.82) is 0 Å². The Morgan fingerprint density at radius 1 is 1.44 bits per heavy atom. The molecule has 2 heterocycles. The maximum Gasteiger partial charge on any atom is 0.188 e. The minimum absolute atomic E-state index is 0.0158. The van der Waals surface area contributed by atoms with Crippen LogP contribution in [0.2, 0.25) is 0 Å². The lowest BCUT2D eigenvalue weighted by Gasteiger charge is -2.32. The average molecular weight is 250 g/mol. The summed E-state index contributed by atoms with van der Waals surface area (Å²) in [4.78, 5) is 6.52. The molecule has 6 nitrogen and oxygen atoms in total. The van der Waals surface area contributed by atoms with Crippen LogP contribution in [0.5, 0.6) is 0 Å². The Labute approximate surface area is 106 Å². The summed E-state index contributed by atoms with van der Waals surface area (Å²) in [5, 5.41) is 20.7. The van der Waals surface area contributed by atoms with E-state index in [-0.39, 0.29) is 12.4 Å². The third-order valence-electron chi connectivity index (χ3n) is 3.30. The molecule has 0 aliphatic carbocycles. The summed E-state index contributed by atoms with van der Waals surface area (Å²) >= 11 is 0. The zero-order valence-electron chi connectivity index (χ0n) is 10.2. The van der Waals surface area contributed by atoms with Crippen LogP contribution in [0, 0.1) is 5.92 Å². The Morgan fingerprint density at radius 3 is 2.78 bits per heavy atom. The Hall–Kier alpha value is -1.82. The van der Waals surface area contributed by atoms with E-state index >= 15 is 0 Å². The zero-order chi connectivity index (χ0) is 13.0. The molecule has 1 aliphatic rings. The van der Waals surface area contributed by atoms with Gasteiger partial charge in [0.15, 0.2) is 5.84 Å². The fourth-order valence-corrected chi connectivity index (χ4v) is 2.14. The van der Waals surface area contributed by atoms with Gasteiger partial charge in [0.1, 0.15) is 11.5 Å². The van der Waals surface area contributed by atoms with E-state index in [1.807, 2.05) is 12.1 Å². The first-order valence-electron chi connectivity index (χ1n) is 6.05.